The number of carbonyl (C=O) groups excluding carboxylic acids is 1. The van der Waals surface area contributed by atoms with Crippen molar-refractivity contribution in [1.29, 1.82) is 0 Å². The molecule has 0 atom stereocenters. The van der Waals surface area contributed by atoms with Gasteiger partial charge < -0.3 is 5.32 Å². The Morgan fingerprint density at radius 3 is 2.29 bits per heavy atom. The molecule has 1 amide bonds. The standard InChI is InChI=1S/C21H19FN2O3S/c1-14-7-10-16(11-8-14)24-28(26,27)17-12-9-15(2)18(13-17)21(25)23-20-6-4-3-5-19(20)22/h3-13,24H,1-2H3,(H,23,25). The molecule has 2 N–H and O–H groups in total. The van der Waals surface area contributed by atoms with Crippen molar-refractivity contribution in [2.75, 3.05) is 10.0 Å². The van der Waals surface area contributed by atoms with Crippen LogP contribution in [0.15, 0.2) is 71.6 Å². The third-order valence-electron chi connectivity index (χ3n) is 4.19. The first-order valence-electron chi connectivity index (χ1n) is 8.52. The number of halogens is 1. The van der Waals surface area contributed by atoms with Gasteiger partial charge in [-0.2, -0.15) is 0 Å². The third-order valence-corrected chi connectivity index (χ3v) is 5.57. The van der Waals surface area contributed by atoms with Gasteiger partial charge in [-0.25, -0.2) is 12.8 Å². The molecule has 0 aliphatic heterocycles. The molecule has 7 heteroatoms. The predicted octanol–water partition coefficient (Wildman–Crippen LogP) is 4.50. The molecule has 0 heterocycles. The van der Waals surface area contributed by atoms with Crippen molar-refractivity contribution in [3.63, 3.8) is 0 Å². The molecule has 3 aromatic rings. The summed E-state index contributed by atoms with van der Waals surface area (Å²) in [6.07, 6.45) is 0. The van der Waals surface area contributed by atoms with Gasteiger partial charge in [-0.1, -0.05) is 35.9 Å². The minimum atomic E-state index is -3.88. The van der Waals surface area contributed by atoms with Crippen molar-refractivity contribution >= 4 is 27.3 Å². The lowest BCUT2D eigenvalue weighted by molar-refractivity contribution is 0.102. The highest BCUT2D eigenvalue weighted by Crippen LogP contribution is 2.21. The second-order valence-corrected chi connectivity index (χ2v) is 8.06. The normalized spacial score (nSPS) is 11.1. The molecule has 0 aromatic heterocycles. The van der Waals surface area contributed by atoms with Crippen molar-refractivity contribution in [3.8, 4) is 0 Å². The number of aryl methyl sites for hydroxylation is 2. The predicted molar refractivity (Wildman–Crippen MR) is 108 cm³/mol. The monoisotopic (exact) mass is 398 g/mol. The van der Waals surface area contributed by atoms with E-state index in [1.807, 2.05) is 6.92 Å². The summed E-state index contributed by atoms with van der Waals surface area (Å²) in [6.45, 7) is 3.58. The first-order valence-corrected chi connectivity index (χ1v) is 10.0. The molecule has 0 radical (unpaired) electrons. The van der Waals surface area contributed by atoms with Crippen LogP contribution < -0.4 is 10.0 Å². The summed E-state index contributed by atoms with van der Waals surface area (Å²) in [5.41, 5.74) is 2.17. The van der Waals surface area contributed by atoms with Gasteiger partial charge in [0.05, 0.1) is 10.6 Å². The first kappa shape index (κ1) is 19.6. The Morgan fingerprint density at radius 1 is 0.929 bits per heavy atom. The Kier molecular flexibility index (Phi) is 5.46. The molecule has 0 unspecified atom stereocenters. The van der Waals surface area contributed by atoms with Crippen LogP contribution in [-0.2, 0) is 10.0 Å². The van der Waals surface area contributed by atoms with E-state index in [2.05, 4.69) is 10.0 Å². The smallest absolute Gasteiger partial charge is 0.261 e. The molecule has 0 fully saturated rings. The molecule has 3 rings (SSSR count). The summed E-state index contributed by atoms with van der Waals surface area (Å²) < 4.78 is 41.6. The number of anilines is 2. The highest BCUT2D eigenvalue weighted by Gasteiger charge is 2.19. The van der Waals surface area contributed by atoms with E-state index in [0.717, 1.165) is 5.56 Å². The van der Waals surface area contributed by atoms with Gasteiger partial charge in [0.15, 0.2) is 0 Å². The molecule has 144 valence electrons. The molecule has 0 bridgehead atoms. The Balaban J connectivity index is 1.89. The van der Waals surface area contributed by atoms with Gasteiger partial charge in [-0.05, 0) is 55.8 Å². The van der Waals surface area contributed by atoms with Gasteiger partial charge in [-0.3, -0.25) is 9.52 Å². The lowest BCUT2D eigenvalue weighted by Gasteiger charge is -2.12. The van der Waals surface area contributed by atoms with Crippen LogP contribution in [-0.4, -0.2) is 14.3 Å². The van der Waals surface area contributed by atoms with Crippen LogP contribution in [0.1, 0.15) is 21.5 Å². The van der Waals surface area contributed by atoms with Crippen LogP contribution in [0.4, 0.5) is 15.8 Å². The van der Waals surface area contributed by atoms with Crippen molar-refractivity contribution in [2.45, 2.75) is 18.7 Å². The van der Waals surface area contributed by atoms with Crippen LogP contribution in [0.25, 0.3) is 0 Å². The molecular weight excluding hydrogens is 379 g/mol. The van der Waals surface area contributed by atoms with Crippen molar-refractivity contribution < 1.29 is 17.6 Å². The lowest BCUT2D eigenvalue weighted by Crippen LogP contribution is -2.17. The third kappa shape index (κ3) is 4.37. The van der Waals surface area contributed by atoms with E-state index in [1.54, 1.807) is 43.3 Å². The van der Waals surface area contributed by atoms with Crippen LogP contribution >= 0.6 is 0 Å². The zero-order valence-corrected chi connectivity index (χ0v) is 16.2. The number of carbonyl (C=O) groups is 1. The van der Waals surface area contributed by atoms with E-state index >= 15 is 0 Å². The molecule has 5 nitrogen and oxygen atoms in total. The van der Waals surface area contributed by atoms with Crippen LogP contribution in [0.5, 0.6) is 0 Å². The molecule has 0 aliphatic rings. The van der Waals surface area contributed by atoms with Crippen molar-refractivity contribution in [1.82, 2.24) is 0 Å². The second-order valence-electron chi connectivity index (χ2n) is 6.38. The fourth-order valence-corrected chi connectivity index (χ4v) is 3.69. The Hall–Kier alpha value is -3.19. The average Bonchev–Trinajstić information content (AvgIpc) is 2.65. The van der Waals surface area contributed by atoms with E-state index in [4.69, 9.17) is 0 Å². The molecular formula is C21H19FN2O3S. The van der Waals surface area contributed by atoms with Crippen molar-refractivity contribution in [2.24, 2.45) is 0 Å². The summed E-state index contributed by atoms with van der Waals surface area (Å²) in [4.78, 5) is 12.5. The van der Waals surface area contributed by atoms with Crippen LogP contribution in [0.2, 0.25) is 0 Å². The maximum Gasteiger partial charge on any atom is 0.261 e. The number of para-hydroxylation sites is 1. The fraction of sp³-hybridized carbons (Fsp3) is 0.0952. The number of sulfonamides is 1. The number of benzene rings is 3. The molecule has 28 heavy (non-hydrogen) atoms. The quantitative estimate of drug-likeness (QED) is 0.665. The average molecular weight is 398 g/mol. The van der Waals surface area contributed by atoms with E-state index in [-0.39, 0.29) is 16.1 Å². The number of rotatable bonds is 5. The second kappa shape index (κ2) is 7.82. The lowest BCUT2D eigenvalue weighted by atomic mass is 10.1. The minimum absolute atomic E-state index is 0.0259. The van der Waals surface area contributed by atoms with Gasteiger partial charge in [0.2, 0.25) is 0 Å². The fourth-order valence-electron chi connectivity index (χ4n) is 2.60. The Morgan fingerprint density at radius 2 is 1.61 bits per heavy atom. The number of hydrogen-bond acceptors (Lipinski definition) is 3. The zero-order valence-electron chi connectivity index (χ0n) is 15.4. The van der Waals surface area contributed by atoms with E-state index in [9.17, 15) is 17.6 Å². The van der Waals surface area contributed by atoms with Crippen molar-refractivity contribution in [3.05, 3.63) is 89.2 Å². The molecule has 0 spiro atoms. The van der Waals surface area contributed by atoms with Crippen LogP contribution in [0.3, 0.4) is 0 Å². The summed E-state index contributed by atoms with van der Waals surface area (Å²) in [6, 6.07) is 16.9. The maximum absolute atomic E-state index is 13.8. The summed E-state index contributed by atoms with van der Waals surface area (Å²) in [5.74, 6) is -1.16. The summed E-state index contributed by atoms with van der Waals surface area (Å²) in [7, 11) is -3.88. The minimum Gasteiger partial charge on any atom is -0.319 e. The summed E-state index contributed by atoms with van der Waals surface area (Å²) >= 11 is 0. The number of hydrogen-bond donors (Lipinski definition) is 2. The maximum atomic E-state index is 13.8. The van der Waals surface area contributed by atoms with Gasteiger partial charge in [0.25, 0.3) is 15.9 Å². The highest BCUT2D eigenvalue weighted by molar-refractivity contribution is 7.92. The summed E-state index contributed by atoms with van der Waals surface area (Å²) in [5, 5.41) is 2.47. The van der Waals surface area contributed by atoms with E-state index in [0.29, 0.717) is 11.3 Å². The Labute approximate surface area is 163 Å². The SMILES string of the molecule is Cc1ccc(NS(=O)(=O)c2ccc(C)c(C(=O)Nc3ccccc3F)c2)cc1. The van der Waals surface area contributed by atoms with Gasteiger partial charge >= 0.3 is 0 Å². The Bertz CT molecular complexity index is 1130. The highest BCUT2D eigenvalue weighted by atomic mass is 32.2. The topological polar surface area (TPSA) is 75.3 Å². The van der Waals surface area contributed by atoms with Gasteiger partial charge in [0.1, 0.15) is 5.82 Å². The van der Waals surface area contributed by atoms with Gasteiger partial charge in [-0.15, -0.1) is 0 Å². The van der Waals surface area contributed by atoms with Gasteiger partial charge in [0, 0.05) is 11.3 Å². The van der Waals surface area contributed by atoms with Crippen LogP contribution in [0, 0.1) is 19.7 Å². The zero-order chi connectivity index (χ0) is 20.3. The first-order chi connectivity index (χ1) is 13.3. The number of nitrogens with one attached hydrogen (secondary N) is 2. The molecule has 0 saturated heterocycles. The number of amides is 1. The molecule has 0 saturated carbocycles. The van der Waals surface area contributed by atoms with E-state index in [1.165, 1.54) is 30.3 Å². The molecule has 0 aliphatic carbocycles. The molecule has 3 aromatic carbocycles. The van der Waals surface area contributed by atoms with E-state index < -0.39 is 21.7 Å². The largest absolute Gasteiger partial charge is 0.319 e.